The van der Waals surface area contributed by atoms with E-state index in [1.54, 1.807) is 0 Å². The molecule has 3 heterocycles. The zero-order valence-electron chi connectivity index (χ0n) is 16.3. The van der Waals surface area contributed by atoms with Crippen LogP contribution < -0.4 is 20.4 Å². The number of aromatic nitrogens is 2. The zero-order valence-corrected chi connectivity index (χ0v) is 17.1. The van der Waals surface area contributed by atoms with Crippen LogP contribution in [-0.4, -0.2) is 47.8 Å². The lowest BCUT2D eigenvalue weighted by Gasteiger charge is -2.32. The van der Waals surface area contributed by atoms with Crippen molar-refractivity contribution in [3.63, 3.8) is 0 Å². The summed E-state index contributed by atoms with van der Waals surface area (Å²) in [5, 5.41) is 7.02. The Hall–Kier alpha value is -1.63. The van der Waals surface area contributed by atoms with E-state index in [9.17, 15) is 0 Å². The Morgan fingerprint density at radius 3 is 2.27 bits per heavy atom. The molecular formula is C19H32N6S. The fraction of sp³-hybridized carbons (Fsp3) is 0.737. The fourth-order valence-electron chi connectivity index (χ4n) is 3.43. The molecule has 7 heteroatoms. The third kappa shape index (κ3) is 5.19. The van der Waals surface area contributed by atoms with Crippen molar-refractivity contribution in [1.82, 2.24) is 15.3 Å². The number of anilines is 3. The van der Waals surface area contributed by atoms with Crippen molar-refractivity contribution in [3.8, 4) is 0 Å². The van der Waals surface area contributed by atoms with Crippen LogP contribution in [0, 0.1) is 11.8 Å². The number of hydrogen-bond donors (Lipinski definition) is 2. The molecule has 6 nitrogen and oxygen atoms in total. The Bertz CT molecular complexity index is 606. The predicted molar refractivity (Wildman–Crippen MR) is 113 cm³/mol. The molecule has 2 saturated heterocycles. The van der Waals surface area contributed by atoms with Crippen LogP contribution in [0.3, 0.4) is 0 Å². The number of rotatable bonds is 5. The van der Waals surface area contributed by atoms with E-state index in [-0.39, 0.29) is 0 Å². The molecule has 2 N–H and O–H groups in total. The molecular weight excluding hydrogens is 344 g/mol. The lowest BCUT2D eigenvalue weighted by atomic mass is 9.99. The molecule has 0 aromatic carbocycles. The van der Waals surface area contributed by atoms with Gasteiger partial charge < -0.3 is 20.4 Å². The second-order valence-corrected chi connectivity index (χ2v) is 8.41. The first-order valence-corrected chi connectivity index (χ1v) is 10.4. The number of piperidine rings is 1. The van der Waals surface area contributed by atoms with E-state index in [4.69, 9.17) is 22.2 Å². The van der Waals surface area contributed by atoms with Gasteiger partial charge in [-0.15, -0.1) is 0 Å². The van der Waals surface area contributed by atoms with Crippen LogP contribution in [0.25, 0.3) is 0 Å². The Balaban J connectivity index is 1.77. The van der Waals surface area contributed by atoms with E-state index in [0.29, 0.717) is 17.0 Å². The first-order chi connectivity index (χ1) is 12.5. The molecule has 144 valence electrons. The van der Waals surface area contributed by atoms with E-state index < -0.39 is 0 Å². The summed E-state index contributed by atoms with van der Waals surface area (Å²) in [6.45, 7) is 11.8. The monoisotopic (exact) mass is 376 g/mol. The molecule has 0 aliphatic carbocycles. The van der Waals surface area contributed by atoms with Gasteiger partial charge in [0.25, 0.3) is 0 Å². The molecule has 0 spiro atoms. The summed E-state index contributed by atoms with van der Waals surface area (Å²) < 4.78 is 0. The van der Waals surface area contributed by atoms with Gasteiger partial charge in [-0.05, 0) is 49.7 Å². The Labute approximate surface area is 162 Å². The van der Waals surface area contributed by atoms with Crippen LogP contribution in [-0.2, 0) is 0 Å². The van der Waals surface area contributed by atoms with Gasteiger partial charge in [-0.25, -0.2) is 0 Å². The van der Waals surface area contributed by atoms with E-state index in [2.05, 4.69) is 47.3 Å². The number of nitrogens with one attached hydrogen (secondary N) is 2. The number of thiocarbonyl (C=S) groups is 1. The largest absolute Gasteiger partial charge is 0.362 e. The average molecular weight is 377 g/mol. The highest BCUT2D eigenvalue weighted by molar-refractivity contribution is 7.80. The molecule has 26 heavy (non-hydrogen) atoms. The Morgan fingerprint density at radius 2 is 1.69 bits per heavy atom. The van der Waals surface area contributed by atoms with E-state index in [1.807, 2.05) is 0 Å². The van der Waals surface area contributed by atoms with Crippen LogP contribution >= 0.6 is 12.2 Å². The first-order valence-electron chi connectivity index (χ1n) is 9.95. The molecule has 2 aliphatic heterocycles. The molecule has 1 aromatic rings. The Kier molecular flexibility index (Phi) is 6.51. The van der Waals surface area contributed by atoms with Crippen molar-refractivity contribution >= 4 is 34.9 Å². The van der Waals surface area contributed by atoms with Gasteiger partial charge in [-0.3, -0.25) is 0 Å². The third-order valence-electron chi connectivity index (χ3n) is 5.13. The van der Waals surface area contributed by atoms with E-state index in [0.717, 1.165) is 50.3 Å². The van der Waals surface area contributed by atoms with Gasteiger partial charge in [0, 0.05) is 38.8 Å². The molecule has 2 aliphatic rings. The molecule has 0 saturated carbocycles. The quantitative estimate of drug-likeness (QED) is 0.765. The minimum atomic E-state index is 0.539. The van der Waals surface area contributed by atoms with Crippen LogP contribution in [0.15, 0.2) is 6.07 Å². The summed E-state index contributed by atoms with van der Waals surface area (Å²) in [6.07, 6.45) is 4.91. The van der Waals surface area contributed by atoms with Crippen molar-refractivity contribution in [3.05, 3.63) is 6.07 Å². The minimum absolute atomic E-state index is 0.539. The van der Waals surface area contributed by atoms with Gasteiger partial charge in [0.05, 0.1) is 0 Å². The summed E-state index contributed by atoms with van der Waals surface area (Å²) in [4.78, 5) is 14.3. The lowest BCUT2D eigenvalue weighted by Crippen LogP contribution is -2.35. The average Bonchev–Trinajstić information content (AvgIpc) is 3.15. The van der Waals surface area contributed by atoms with Gasteiger partial charge in [0.2, 0.25) is 5.95 Å². The topological polar surface area (TPSA) is 56.3 Å². The molecule has 3 rings (SSSR count). The maximum atomic E-state index is 5.42. The lowest BCUT2D eigenvalue weighted by molar-refractivity contribution is 0.436. The number of hydrogen-bond acceptors (Lipinski definition) is 5. The molecule has 2 fully saturated rings. The third-order valence-corrected chi connectivity index (χ3v) is 5.38. The standard InChI is InChI=1S/C19H32N6S/c1-14(2)13-20-19(26)23-18-21-16(24-8-4-5-9-24)12-17(22-18)25-10-6-15(3)7-11-25/h12,14-15H,4-11,13H2,1-3H3,(H2,20,21,22,23,26). The smallest absolute Gasteiger partial charge is 0.232 e. The van der Waals surface area contributed by atoms with E-state index >= 15 is 0 Å². The van der Waals surface area contributed by atoms with Gasteiger partial charge in [-0.1, -0.05) is 20.8 Å². The zero-order chi connectivity index (χ0) is 18.5. The van der Waals surface area contributed by atoms with Crippen molar-refractivity contribution in [2.24, 2.45) is 11.8 Å². The van der Waals surface area contributed by atoms with Gasteiger partial charge in [-0.2, -0.15) is 9.97 Å². The molecule has 0 radical (unpaired) electrons. The Morgan fingerprint density at radius 1 is 1.12 bits per heavy atom. The second kappa shape index (κ2) is 8.84. The van der Waals surface area contributed by atoms with Crippen LogP contribution in [0.5, 0.6) is 0 Å². The molecule has 0 atom stereocenters. The maximum Gasteiger partial charge on any atom is 0.232 e. The highest BCUT2D eigenvalue weighted by atomic mass is 32.1. The highest BCUT2D eigenvalue weighted by Gasteiger charge is 2.21. The maximum absolute atomic E-state index is 5.42. The van der Waals surface area contributed by atoms with Crippen LogP contribution in [0.1, 0.15) is 46.5 Å². The normalized spacial score (nSPS) is 18.5. The minimum Gasteiger partial charge on any atom is -0.362 e. The summed E-state index contributed by atoms with van der Waals surface area (Å²) in [5.74, 6) is 3.97. The van der Waals surface area contributed by atoms with Gasteiger partial charge in [0.15, 0.2) is 5.11 Å². The van der Waals surface area contributed by atoms with Crippen molar-refractivity contribution in [2.75, 3.05) is 47.8 Å². The summed E-state index contributed by atoms with van der Waals surface area (Å²) >= 11 is 5.42. The molecule has 0 bridgehead atoms. The molecule has 0 unspecified atom stereocenters. The van der Waals surface area contributed by atoms with Crippen molar-refractivity contribution < 1.29 is 0 Å². The second-order valence-electron chi connectivity index (χ2n) is 8.00. The SMILES string of the molecule is CC(C)CNC(=S)Nc1nc(N2CCCC2)cc(N2CCC(C)CC2)n1. The van der Waals surface area contributed by atoms with Gasteiger partial charge in [0.1, 0.15) is 11.6 Å². The van der Waals surface area contributed by atoms with Gasteiger partial charge >= 0.3 is 0 Å². The van der Waals surface area contributed by atoms with Crippen LogP contribution in [0.2, 0.25) is 0 Å². The van der Waals surface area contributed by atoms with E-state index in [1.165, 1.54) is 25.7 Å². The number of nitrogens with zero attached hydrogens (tertiary/aromatic N) is 4. The summed E-state index contributed by atoms with van der Waals surface area (Å²) in [6, 6.07) is 2.15. The highest BCUT2D eigenvalue weighted by Crippen LogP contribution is 2.27. The van der Waals surface area contributed by atoms with Crippen molar-refractivity contribution in [1.29, 1.82) is 0 Å². The summed E-state index contributed by atoms with van der Waals surface area (Å²) in [5.41, 5.74) is 0. The summed E-state index contributed by atoms with van der Waals surface area (Å²) in [7, 11) is 0. The molecule has 1 aromatic heterocycles. The fourth-order valence-corrected chi connectivity index (χ4v) is 3.60. The predicted octanol–water partition coefficient (Wildman–Crippen LogP) is 3.26. The van der Waals surface area contributed by atoms with Crippen molar-refractivity contribution in [2.45, 2.75) is 46.5 Å². The first kappa shape index (κ1) is 19.1. The van der Waals surface area contributed by atoms with Crippen LogP contribution in [0.4, 0.5) is 17.6 Å². The molecule has 0 amide bonds.